The van der Waals surface area contributed by atoms with Gasteiger partial charge in [0, 0.05) is 57.2 Å². The molecule has 4 bridgehead atoms. The zero-order valence-electron chi connectivity index (χ0n) is 24.5. The van der Waals surface area contributed by atoms with Crippen LogP contribution in [0.3, 0.4) is 0 Å². The van der Waals surface area contributed by atoms with Gasteiger partial charge in [-0.05, 0) is 42.0 Å². The Labute approximate surface area is 255 Å². The minimum Gasteiger partial charge on any atom is -0.493 e. The highest BCUT2D eigenvalue weighted by Crippen LogP contribution is 2.29. The van der Waals surface area contributed by atoms with Crippen LogP contribution in [-0.2, 0) is 16.1 Å². The van der Waals surface area contributed by atoms with Gasteiger partial charge in [-0.3, -0.25) is 19.3 Å². The van der Waals surface area contributed by atoms with E-state index in [-0.39, 0.29) is 36.6 Å². The lowest BCUT2D eigenvalue weighted by Crippen LogP contribution is -2.50. The maximum atomic E-state index is 13.5. The van der Waals surface area contributed by atoms with Gasteiger partial charge in [-0.25, -0.2) is 9.97 Å². The van der Waals surface area contributed by atoms with E-state index >= 15 is 0 Å². The lowest BCUT2D eigenvalue weighted by Gasteiger charge is -2.34. The summed E-state index contributed by atoms with van der Waals surface area (Å²) in [6, 6.07) is 13.5. The monoisotopic (exact) mass is 601 g/mol. The number of carbonyl (C=O) groups is 3. The molecule has 2 aromatic carbocycles. The van der Waals surface area contributed by atoms with Crippen molar-refractivity contribution in [2.45, 2.75) is 18.7 Å². The lowest BCUT2D eigenvalue weighted by atomic mass is 10.1. The van der Waals surface area contributed by atoms with E-state index < -0.39 is 12.1 Å². The van der Waals surface area contributed by atoms with Gasteiger partial charge < -0.3 is 34.6 Å². The van der Waals surface area contributed by atoms with Gasteiger partial charge >= 0.3 is 0 Å². The minimum absolute atomic E-state index is 0.0203. The van der Waals surface area contributed by atoms with Crippen molar-refractivity contribution in [3.8, 4) is 17.2 Å². The van der Waals surface area contributed by atoms with Crippen molar-refractivity contribution in [2.75, 3.05) is 64.4 Å². The third kappa shape index (κ3) is 6.83. The maximum Gasteiger partial charge on any atom is 0.258 e. The number of amides is 3. The van der Waals surface area contributed by atoms with Crippen LogP contribution in [0, 0.1) is 0 Å². The molecule has 0 radical (unpaired) electrons. The molecule has 3 amide bonds. The number of nitrogens with one attached hydrogen (secondary N) is 2. The van der Waals surface area contributed by atoms with Crippen LogP contribution in [0.1, 0.15) is 15.9 Å². The molecule has 13 heteroatoms. The highest BCUT2D eigenvalue weighted by molar-refractivity contribution is 5.95. The van der Waals surface area contributed by atoms with Crippen LogP contribution in [0.25, 0.3) is 0 Å². The fourth-order valence-electron chi connectivity index (χ4n) is 5.53. The Morgan fingerprint density at radius 1 is 1.02 bits per heavy atom. The normalized spacial score (nSPS) is 20.9. The van der Waals surface area contributed by atoms with Gasteiger partial charge in [-0.15, -0.1) is 0 Å². The Bertz CT molecular complexity index is 1480. The number of methoxy groups -OCH3 is 1. The smallest absolute Gasteiger partial charge is 0.258 e. The second-order valence-electron chi connectivity index (χ2n) is 10.9. The average molecular weight is 602 g/mol. The molecule has 0 aliphatic carbocycles. The zero-order valence-corrected chi connectivity index (χ0v) is 24.5. The predicted octanol–water partition coefficient (Wildman–Crippen LogP) is 0.704. The van der Waals surface area contributed by atoms with Crippen LogP contribution >= 0.6 is 0 Å². The molecule has 0 spiro atoms. The molecule has 44 heavy (non-hydrogen) atoms. The molecular formula is C31H35N7O6. The molecule has 4 aliphatic rings. The summed E-state index contributed by atoms with van der Waals surface area (Å²) in [6.07, 6.45) is 2.99. The number of likely N-dealkylation sites (tertiary alicyclic amines) is 1. The van der Waals surface area contributed by atoms with Crippen molar-refractivity contribution in [1.29, 1.82) is 0 Å². The van der Waals surface area contributed by atoms with E-state index in [1.807, 2.05) is 24.3 Å². The van der Waals surface area contributed by atoms with E-state index in [1.165, 1.54) is 7.11 Å². The average Bonchev–Trinajstić information content (AvgIpc) is 3.45. The van der Waals surface area contributed by atoms with Crippen LogP contribution < -0.4 is 29.7 Å². The predicted molar refractivity (Wildman–Crippen MR) is 160 cm³/mol. The molecule has 7 rings (SSSR count). The van der Waals surface area contributed by atoms with Crippen molar-refractivity contribution in [2.24, 2.45) is 0 Å². The van der Waals surface area contributed by atoms with Crippen molar-refractivity contribution < 1.29 is 28.6 Å². The zero-order chi connectivity index (χ0) is 30.5. The Morgan fingerprint density at radius 3 is 2.55 bits per heavy atom. The van der Waals surface area contributed by atoms with E-state index in [0.29, 0.717) is 55.7 Å². The van der Waals surface area contributed by atoms with Crippen LogP contribution in [0.5, 0.6) is 17.2 Å². The minimum atomic E-state index is -0.467. The summed E-state index contributed by atoms with van der Waals surface area (Å²) in [5.41, 5.74) is 1.22. The number of benzene rings is 2. The number of hydrogen-bond acceptors (Lipinski definition) is 10. The molecule has 0 unspecified atom stereocenters. The first kappa shape index (κ1) is 29.2. The van der Waals surface area contributed by atoms with Crippen LogP contribution in [0.15, 0.2) is 60.9 Å². The number of nitrogens with zero attached hydrogens (tertiary/aromatic N) is 5. The van der Waals surface area contributed by atoms with E-state index in [9.17, 15) is 14.4 Å². The van der Waals surface area contributed by atoms with Gasteiger partial charge in [0.05, 0.1) is 26.2 Å². The van der Waals surface area contributed by atoms with Crippen LogP contribution in [0.4, 0.5) is 5.95 Å². The van der Waals surface area contributed by atoms with E-state index in [4.69, 9.17) is 14.2 Å². The maximum absolute atomic E-state index is 13.5. The van der Waals surface area contributed by atoms with Gasteiger partial charge in [-0.2, -0.15) is 0 Å². The number of aromatic nitrogens is 2. The van der Waals surface area contributed by atoms with E-state index in [0.717, 1.165) is 18.7 Å². The molecule has 1 aromatic heterocycles. The summed E-state index contributed by atoms with van der Waals surface area (Å²) in [7, 11) is 1.49. The Kier molecular flexibility index (Phi) is 8.73. The molecule has 4 aliphatic heterocycles. The van der Waals surface area contributed by atoms with Crippen molar-refractivity contribution in [3.63, 3.8) is 0 Å². The fourth-order valence-corrected chi connectivity index (χ4v) is 5.53. The summed E-state index contributed by atoms with van der Waals surface area (Å²) < 4.78 is 17.4. The van der Waals surface area contributed by atoms with Crippen LogP contribution in [0.2, 0.25) is 0 Å². The summed E-state index contributed by atoms with van der Waals surface area (Å²) in [5, 5.41) is 5.89. The summed E-state index contributed by atoms with van der Waals surface area (Å²) in [5.74, 6) is 1.30. The summed E-state index contributed by atoms with van der Waals surface area (Å²) >= 11 is 0. The Morgan fingerprint density at radius 2 is 1.80 bits per heavy atom. The van der Waals surface area contributed by atoms with Gasteiger partial charge in [-0.1, -0.05) is 12.1 Å². The third-order valence-electron chi connectivity index (χ3n) is 7.99. The van der Waals surface area contributed by atoms with Gasteiger partial charge in [0.2, 0.25) is 11.9 Å². The van der Waals surface area contributed by atoms with Crippen molar-refractivity contribution >= 4 is 23.7 Å². The molecule has 0 saturated carbocycles. The first-order valence-electron chi connectivity index (χ1n) is 14.6. The van der Waals surface area contributed by atoms with Crippen LogP contribution in [-0.4, -0.2) is 109 Å². The van der Waals surface area contributed by atoms with Crippen molar-refractivity contribution in [3.05, 3.63) is 72.1 Å². The summed E-state index contributed by atoms with van der Waals surface area (Å²) in [6.45, 7) is 3.89. The number of fused-ring (bicyclic) bond motifs is 7. The molecule has 2 saturated heterocycles. The fraction of sp³-hybridized carbons (Fsp3) is 0.387. The van der Waals surface area contributed by atoms with E-state index in [2.05, 4.69) is 30.4 Å². The SMILES string of the molecule is COc1ccc2cc1OCC(=O)NCc1ccc(cc1)O[C@H]1CN(C(=O)CN3CCN(c4ncccn4)CC3)C[C@@H]1NC2=O. The topological polar surface area (TPSA) is 138 Å². The molecular weight excluding hydrogens is 566 g/mol. The number of hydrogen-bond donors (Lipinski definition) is 2. The highest BCUT2D eigenvalue weighted by atomic mass is 16.5. The van der Waals surface area contributed by atoms with Crippen molar-refractivity contribution in [1.82, 2.24) is 30.4 Å². The molecule has 13 nitrogen and oxygen atoms in total. The van der Waals surface area contributed by atoms with E-state index in [1.54, 1.807) is 41.6 Å². The highest BCUT2D eigenvalue weighted by Gasteiger charge is 2.38. The molecule has 2 N–H and O–H groups in total. The van der Waals surface area contributed by atoms with Gasteiger partial charge in [0.25, 0.3) is 11.8 Å². The molecule has 2 atom stereocenters. The Hall–Kier alpha value is -4.91. The number of piperazine rings is 1. The second kappa shape index (κ2) is 13.2. The summed E-state index contributed by atoms with van der Waals surface area (Å²) in [4.78, 5) is 54.0. The largest absolute Gasteiger partial charge is 0.493 e. The van der Waals surface area contributed by atoms with Gasteiger partial charge in [0.1, 0.15) is 11.9 Å². The second-order valence-corrected chi connectivity index (χ2v) is 10.9. The Balaban J connectivity index is 1.16. The molecule has 230 valence electrons. The quantitative estimate of drug-likeness (QED) is 0.440. The third-order valence-corrected chi connectivity index (χ3v) is 7.99. The molecule has 3 aromatic rings. The molecule has 2 fully saturated rings. The number of carbonyl (C=O) groups excluding carboxylic acids is 3. The number of rotatable bonds is 4. The van der Waals surface area contributed by atoms with Gasteiger partial charge in [0.15, 0.2) is 18.1 Å². The standard InChI is InChI=1S/C31H35N7O6/c1-42-25-8-5-22-15-26(25)43-20-28(39)34-16-21-3-6-23(7-4-21)44-27-18-38(17-24(27)35-30(22)41)29(40)19-36-11-13-37(14-12-36)31-32-9-2-10-33-31/h2-10,15,24,27H,11-14,16-20H2,1H3,(H,34,39)(H,35,41)/t24-,27-/m0/s1. The first-order chi connectivity index (χ1) is 21.4. The molecule has 5 heterocycles. The first-order valence-corrected chi connectivity index (χ1v) is 14.6. The number of ether oxygens (including phenoxy) is 3. The lowest BCUT2D eigenvalue weighted by molar-refractivity contribution is -0.131. The number of anilines is 1.